The van der Waals surface area contributed by atoms with Gasteiger partial charge in [-0.25, -0.2) is 0 Å². The third kappa shape index (κ3) is 4.13. The Morgan fingerprint density at radius 1 is 1.09 bits per heavy atom. The first-order chi connectivity index (χ1) is 16.5. The molecule has 172 valence electrons. The largest absolute Gasteiger partial charge is 0.387 e. The van der Waals surface area contributed by atoms with E-state index in [0.29, 0.717) is 17.8 Å². The highest BCUT2D eigenvalue weighted by molar-refractivity contribution is 6.10. The Bertz CT molecular complexity index is 1380. The molecular formula is C27H26N4O3. The maximum atomic E-state index is 13.6. The third-order valence-electron chi connectivity index (χ3n) is 6.18. The van der Waals surface area contributed by atoms with Gasteiger partial charge in [-0.15, -0.1) is 0 Å². The Balaban J connectivity index is 1.55. The van der Waals surface area contributed by atoms with Crippen molar-refractivity contribution in [1.29, 1.82) is 0 Å². The predicted molar refractivity (Wildman–Crippen MR) is 135 cm³/mol. The van der Waals surface area contributed by atoms with Gasteiger partial charge in [-0.05, 0) is 66.8 Å². The lowest BCUT2D eigenvalue weighted by atomic mass is 9.99. The average Bonchev–Trinajstić information content (AvgIpc) is 3.25. The van der Waals surface area contributed by atoms with Gasteiger partial charge in [0.25, 0.3) is 5.91 Å². The zero-order chi connectivity index (χ0) is 23.7. The van der Waals surface area contributed by atoms with E-state index in [0.717, 1.165) is 39.8 Å². The summed E-state index contributed by atoms with van der Waals surface area (Å²) in [4.78, 5) is 30.7. The van der Waals surface area contributed by atoms with Gasteiger partial charge in [-0.3, -0.25) is 9.59 Å². The minimum absolute atomic E-state index is 0.143. The number of aliphatic hydroxyl groups excluding tert-OH is 1. The van der Waals surface area contributed by atoms with Crippen LogP contribution in [0, 0.1) is 0 Å². The highest BCUT2D eigenvalue weighted by Crippen LogP contribution is 2.34. The molecule has 1 aliphatic heterocycles. The van der Waals surface area contributed by atoms with E-state index >= 15 is 0 Å². The van der Waals surface area contributed by atoms with E-state index in [9.17, 15) is 14.7 Å². The van der Waals surface area contributed by atoms with Crippen LogP contribution in [0.2, 0.25) is 0 Å². The fourth-order valence-electron chi connectivity index (χ4n) is 4.42. The molecule has 2 heterocycles. The van der Waals surface area contributed by atoms with Gasteiger partial charge >= 0.3 is 0 Å². The molecule has 0 aliphatic carbocycles. The molecule has 0 bridgehead atoms. The van der Waals surface area contributed by atoms with Gasteiger partial charge in [0.05, 0.1) is 11.4 Å². The highest BCUT2D eigenvalue weighted by atomic mass is 16.3. The standard InChI is InChI=1S/C27H26N4O3/c1-17-11-13-31(25-5-3-2-4-23(25)29-17)27(34)20-6-8-21(24(15-20)30-26(33)16-32)18-7-9-22-19(14-18)10-12-28-22/h2-10,12,14-15,17,28-29,32H,11,13,16H2,1H3,(H,30,33). The van der Waals surface area contributed by atoms with Gasteiger partial charge in [-0.1, -0.05) is 24.3 Å². The SMILES string of the molecule is CC1CCN(C(=O)c2ccc(-c3ccc4[nH]ccc4c3)c(NC(=O)CO)c2)c2ccccc2N1. The van der Waals surface area contributed by atoms with E-state index in [2.05, 4.69) is 22.5 Å². The number of hydrogen-bond donors (Lipinski definition) is 4. The summed E-state index contributed by atoms with van der Waals surface area (Å²) in [5.41, 5.74) is 5.38. The summed E-state index contributed by atoms with van der Waals surface area (Å²) in [6, 6.07) is 21.3. The monoisotopic (exact) mass is 454 g/mol. The number of benzene rings is 3. The minimum Gasteiger partial charge on any atom is -0.387 e. The number of aliphatic hydroxyl groups is 1. The number of hydrogen-bond acceptors (Lipinski definition) is 4. The first-order valence-electron chi connectivity index (χ1n) is 11.3. The van der Waals surface area contributed by atoms with Gasteiger partial charge in [0.1, 0.15) is 6.61 Å². The van der Waals surface area contributed by atoms with Crippen molar-refractivity contribution in [2.45, 2.75) is 19.4 Å². The number of H-pyrrole nitrogens is 1. The van der Waals surface area contributed by atoms with Gasteiger partial charge in [-0.2, -0.15) is 0 Å². The Hall–Kier alpha value is -4.10. The summed E-state index contributed by atoms with van der Waals surface area (Å²) < 4.78 is 0. The van der Waals surface area contributed by atoms with E-state index in [-0.39, 0.29) is 11.9 Å². The van der Waals surface area contributed by atoms with Crippen LogP contribution in [-0.2, 0) is 4.79 Å². The van der Waals surface area contributed by atoms with Gasteiger partial charge in [0.2, 0.25) is 5.91 Å². The molecule has 0 saturated carbocycles. The molecule has 4 N–H and O–H groups in total. The van der Waals surface area contributed by atoms with Crippen molar-refractivity contribution >= 4 is 39.8 Å². The summed E-state index contributed by atoms with van der Waals surface area (Å²) in [6.07, 6.45) is 2.68. The van der Waals surface area contributed by atoms with Crippen molar-refractivity contribution < 1.29 is 14.7 Å². The summed E-state index contributed by atoms with van der Waals surface area (Å²) in [5, 5.41) is 16.6. The van der Waals surface area contributed by atoms with E-state index in [1.807, 2.05) is 60.8 Å². The molecule has 2 amide bonds. The molecule has 0 spiro atoms. The van der Waals surface area contributed by atoms with E-state index < -0.39 is 12.5 Å². The second-order valence-electron chi connectivity index (χ2n) is 8.55. The molecule has 5 rings (SSSR count). The van der Waals surface area contributed by atoms with Crippen LogP contribution in [0.4, 0.5) is 17.1 Å². The Kier molecular flexibility index (Phi) is 5.77. The normalized spacial score (nSPS) is 15.4. The Morgan fingerprint density at radius 3 is 2.79 bits per heavy atom. The molecule has 7 nitrogen and oxygen atoms in total. The van der Waals surface area contributed by atoms with E-state index in [1.165, 1.54) is 0 Å². The molecule has 4 aromatic rings. The fourth-order valence-corrected chi connectivity index (χ4v) is 4.42. The van der Waals surface area contributed by atoms with E-state index in [1.54, 1.807) is 17.0 Å². The van der Waals surface area contributed by atoms with Crippen molar-refractivity contribution in [3.8, 4) is 11.1 Å². The molecule has 1 aromatic heterocycles. The molecule has 1 atom stereocenters. The molecule has 7 heteroatoms. The number of carbonyl (C=O) groups is 2. The second-order valence-corrected chi connectivity index (χ2v) is 8.55. The van der Waals surface area contributed by atoms with E-state index in [4.69, 9.17) is 0 Å². The maximum absolute atomic E-state index is 13.6. The molecule has 0 fully saturated rings. The number of carbonyl (C=O) groups excluding carboxylic acids is 2. The fraction of sp³-hybridized carbons (Fsp3) is 0.185. The van der Waals surface area contributed by atoms with Crippen LogP contribution in [-0.4, -0.2) is 41.1 Å². The Labute approximate surface area is 197 Å². The summed E-state index contributed by atoms with van der Waals surface area (Å²) in [5.74, 6) is -0.679. The lowest BCUT2D eigenvalue weighted by Crippen LogP contribution is -2.32. The molecular weight excluding hydrogens is 428 g/mol. The number of nitrogens with zero attached hydrogens (tertiary/aromatic N) is 1. The molecule has 0 radical (unpaired) electrons. The zero-order valence-corrected chi connectivity index (χ0v) is 18.8. The van der Waals surface area contributed by atoms with Crippen LogP contribution in [0.3, 0.4) is 0 Å². The van der Waals surface area contributed by atoms with Crippen LogP contribution < -0.4 is 15.5 Å². The first kappa shape index (κ1) is 21.7. The van der Waals surface area contributed by atoms with Gasteiger partial charge < -0.3 is 25.6 Å². The number of aromatic nitrogens is 1. The van der Waals surface area contributed by atoms with Crippen LogP contribution in [0.15, 0.2) is 72.9 Å². The molecule has 1 unspecified atom stereocenters. The van der Waals surface area contributed by atoms with Crippen LogP contribution in [0.5, 0.6) is 0 Å². The summed E-state index contributed by atoms with van der Waals surface area (Å²) >= 11 is 0. The quantitative estimate of drug-likeness (QED) is 0.362. The van der Waals surface area contributed by atoms with Gasteiger partial charge in [0, 0.05) is 41.1 Å². The minimum atomic E-state index is -0.641. The smallest absolute Gasteiger partial charge is 0.258 e. The maximum Gasteiger partial charge on any atom is 0.258 e. The molecule has 0 saturated heterocycles. The Morgan fingerprint density at radius 2 is 1.94 bits per heavy atom. The molecule has 34 heavy (non-hydrogen) atoms. The lowest BCUT2D eigenvalue weighted by molar-refractivity contribution is -0.118. The topological polar surface area (TPSA) is 97.5 Å². The van der Waals surface area contributed by atoms with Crippen molar-refractivity contribution in [3.63, 3.8) is 0 Å². The van der Waals surface area contributed by atoms with Crippen LogP contribution in [0.25, 0.3) is 22.0 Å². The predicted octanol–water partition coefficient (Wildman–Crippen LogP) is 4.62. The van der Waals surface area contributed by atoms with Crippen LogP contribution >= 0.6 is 0 Å². The van der Waals surface area contributed by atoms with Crippen LogP contribution in [0.1, 0.15) is 23.7 Å². The number of rotatable bonds is 4. The third-order valence-corrected chi connectivity index (χ3v) is 6.18. The van der Waals surface area contributed by atoms with Gasteiger partial charge in [0.15, 0.2) is 0 Å². The van der Waals surface area contributed by atoms with Crippen molar-refractivity contribution in [3.05, 3.63) is 78.5 Å². The summed E-state index contributed by atoms with van der Waals surface area (Å²) in [6.45, 7) is 2.04. The number of aromatic amines is 1. The zero-order valence-electron chi connectivity index (χ0n) is 18.8. The molecule has 1 aliphatic rings. The second kappa shape index (κ2) is 9.03. The summed E-state index contributed by atoms with van der Waals surface area (Å²) in [7, 11) is 0. The van der Waals surface area contributed by atoms with Crippen molar-refractivity contribution in [2.24, 2.45) is 0 Å². The lowest BCUT2D eigenvalue weighted by Gasteiger charge is -2.23. The van der Waals surface area contributed by atoms with Crippen molar-refractivity contribution in [2.75, 3.05) is 28.7 Å². The average molecular weight is 455 g/mol. The number of fused-ring (bicyclic) bond motifs is 2. The highest BCUT2D eigenvalue weighted by Gasteiger charge is 2.25. The van der Waals surface area contributed by atoms with Crippen molar-refractivity contribution in [1.82, 2.24) is 4.98 Å². The number of amides is 2. The number of para-hydroxylation sites is 2. The number of anilines is 3. The molecule has 3 aromatic carbocycles. The number of nitrogens with one attached hydrogen (secondary N) is 3. The first-order valence-corrected chi connectivity index (χ1v) is 11.3.